The van der Waals surface area contributed by atoms with Crippen molar-refractivity contribution in [1.29, 1.82) is 0 Å². The molecule has 0 radical (unpaired) electrons. The number of unbranched alkanes of at least 4 members (excludes halogenated alkanes) is 21. The van der Waals surface area contributed by atoms with Gasteiger partial charge >= 0.3 is 17.9 Å². The van der Waals surface area contributed by atoms with Gasteiger partial charge in [-0.25, -0.2) is 0 Å². The summed E-state index contributed by atoms with van der Waals surface area (Å²) in [4.78, 5) is 37.8. The van der Waals surface area contributed by atoms with Crippen LogP contribution in [0.5, 0.6) is 0 Å². The monoisotopic (exact) mass is 877 g/mol. The van der Waals surface area contributed by atoms with E-state index < -0.39 is 6.10 Å². The summed E-state index contributed by atoms with van der Waals surface area (Å²) in [7, 11) is 0. The zero-order valence-electron chi connectivity index (χ0n) is 41.1. The van der Waals surface area contributed by atoms with Crippen LogP contribution in [0.4, 0.5) is 0 Å². The highest BCUT2D eigenvalue weighted by Crippen LogP contribution is 2.14. The minimum absolute atomic E-state index is 0.0861. The van der Waals surface area contributed by atoms with Gasteiger partial charge in [0, 0.05) is 19.3 Å². The van der Waals surface area contributed by atoms with E-state index in [2.05, 4.69) is 106 Å². The Labute approximate surface area is 388 Å². The summed E-state index contributed by atoms with van der Waals surface area (Å²) in [5.74, 6) is -0.916. The molecule has 1 atom stereocenters. The van der Waals surface area contributed by atoms with E-state index >= 15 is 0 Å². The number of allylic oxidation sites excluding steroid dienone is 14. The van der Waals surface area contributed by atoms with Gasteiger partial charge in [0.1, 0.15) is 13.2 Å². The van der Waals surface area contributed by atoms with E-state index in [4.69, 9.17) is 14.2 Å². The van der Waals surface area contributed by atoms with Crippen LogP contribution in [-0.4, -0.2) is 37.2 Å². The zero-order valence-corrected chi connectivity index (χ0v) is 41.1. The summed E-state index contributed by atoms with van der Waals surface area (Å²) in [5.41, 5.74) is 0. The van der Waals surface area contributed by atoms with Crippen molar-refractivity contribution in [1.82, 2.24) is 0 Å². The van der Waals surface area contributed by atoms with Crippen molar-refractivity contribution in [3.05, 3.63) is 85.1 Å². The van der Waals surface area contributed by atoms with E-state index in [0.717, 1.165) is 128 Å². The van der Waals surface area contributed by atoms with Crippen LogP contribution in [-0.2, 0) is 28.6 Å². The predicted octanol–water partition coefficient (Wildman–Crippen LogP) is 17.2. The van der Waals surface area contributed by atoms with Crippen LogP contribution in [0.25, 0.3) is 0 Å². The molecular formula is C57H96O6. The first kappa shape index (κ1) is 59.6. The van der Waals surface area contributed by atoms with Crippen molar-refractivity contribution in [2.75, 3.05) is 13.2 Å². The molecule has 0 aromatic heterocycles. The van der Waals surface area contributed by atoms with Crippen LogP contribution in [0, 0.1) is 0 Å². The highest BCUT2D eigenvalue weighted by molar-refractivity contribution is 5.71. The number of rotatable bonds is 46. The molecule has 1 unspecified atom stereocenters. The van der Waals surface area contributed by atoms with Crippen molar-refractivity contribution >= 4 is 17.9 Å². The van der Waals surface area contributed by atoms with Gasteiger partial charge in [0.15, 0.2) is 6.10 Å². The molecule has 6 heteroatoms. The maximum absolute atomic E-state index is 12.7. The van der Waals surface area contributed by atoms with E-state index in [1.807, 2.05) is 0 Å². The van der Waals surface area contributed by atoms with Gasteiger partial charge in [-0.05, 0) is 103 Å². The molecular weight excluding hydrogens is 781 g/mol. The quantitative estimate of drug-likeness (QED) is 0.0262. The molecule has 0 aliphatic rings. The Bertz CT molecular complexity index is 1240. The smallest absolute Gasteiger partial charge is 0.306 e. The molecule has 0 amide bonds. The lowest BCUT2D eigenvalue weighted by Gasteiger charge is -2.18. The molecule has 0 heterocycles. The van der Waals surface area contributed by atoms with Gasteiger partial charge in [-0.15, -0.1) is 0 Å². The summed E-state index contributed by atoms with van der Waals surface area (Å²) < 4.78 is 16.7. The molecule has 0 aliphatic carbocycles. The Morgan fingerprint density at radius 1 is 0.333 bits per heavy atom. The van der Waals surface area contributed by atoms with Crippen LogP contribution >= 0.6 is 0 Å². The summed E-state index contributed by atoms with van der Waals surface area (Å²) in [6.45, 7) is 6.37. The maximum atomic E-state index is 12.7. The minimum Gasteiger partial charge on any atom is -0.462 e. The number of ether oxygens (including phenoxy) is 3. The van der Waals surface area contributed by atoms with E-state index in [1.165, 1.54) is 70.6 Å². The van der Waals surface area contributed by atoms with Crippen molar-refractivity contribution in [3.63, 3.8) is 0 Å². The Kier molecular flexibility index (Phi) is 48.5. The predicted molar refractivity (Wildman–Crippen MR) is 270 cm³/mol. The van der Waals surface area contributed by atoms with Crippen LogP contribution in [0.1, 0.15) is 239 Å². The van der Waals surface area contributed by atoms with Gasteiger partial charge in [0.25, 0.3) is 0 Å². The van der Waals surface area contributed by atoms with Gasteiger partial charge in [0.2, 0.25) is 0 Å². The molecule has 0 aliphatic heterocycles. The van der Waals surface area contributed by atoms with Crippen molar-refractivity contribution < 1.29 is 28.6 Å². The van der Waals surface area contributed by atoms with Crippen LogP contribution in [0.2, 0.25) is 0 Å². The fraction of sp³-hybridized carbons (Fsp3) is 0.702. The lowest BCUT2D eigenvalue weighted by Crippen LogP contribution is -2.30. The van der Waals surface area contributed by atoms with Crippen molar-refractivity contribution in [2.45, 2.75) is 245 Å². The number of carbonyl (C=O) groups is 3. The molecule has 0 aromatic carbocycles. The number of carbonyl (C=O) groups excluding carboxylic acids is 3. The van der Waals surface area contributed by atoms with Crippen LogP contribution < -0.4 is 0 Å². The van der Waals surface area contributed by atoms with Crippen LogP contribution in [0.15, 0.2) is 85.1 Å². The largest absolute Gasteiger partial charge is 0.462 e. The second-order valence-corrected chi connectivity index (χ2v) is 17.0. The van der Waals surface area contributed by atoms with E-state index in [9.17, 15) is 14.4 Å². The third-order valence-corrected chi connectivity index (χ3v) is 10.8. The number of hydrogen-bond donors (Lipinski definition) is 0. The van der Waals surface area contributed by atoms with Crippen LogP contribution in [0.3, 0.4) is 0 Å². The highest BCUT2D eigenvalue weighted by Gasteiger charge is 2.19. The molecule has 0 fully saturated rings. The Morgan fingerprint density at radius 2 is 0.619 bits per heavy atom. The maximum Gasteiger partial charge on any atom is 0.306 e. The Morgan fingerprint density at radius 3 is 0.984 bits per heavy atom. The average Bonchev–Trinajstić information content (AvgIpc) is 3.28. The first-order valence-electron chi connectivity index (χ1n) is 26.1. The standard InChI is InChI=1S/C57H96O6/c1-4-7-10-13-16-19-22-23-24-25-26-27-28-29-30-31-32-33-34-35-36-39-41-44-47-50-56(59)62-53-54(63-57(60)51-48-45-42-38-21-18-15-12-9-6-3)52-61-55(58)49-46-43-40-37-20-17-14-11-8-5-2/h7,10-12,14-16,19,23-24,26-27,29-30,54H,4-6,8-9,13,17-18,20-22,25,28,31-53H2,1-3H3/b10-7-,14-11-,15-12-,19-16-,24-23-,27-26-,30-29-. The summed E-state index contributed by atoms with van der Waals surface area (Å²) in [5, 5.41) is 0. The molecule has 63 heavy (non-hydrogen) atoms. The van der Waals surface area contributed by atoms with E-state index in [-0.39, 0.29) is 31.1 Å². The Hall–Kier alpha value is -3.41. The van der Waals surface area contributed by atoms with Gasteiger partial charge in [-0.1, -0.05) is 202 Å². The minimum atomic E-state index is -0.784. The second-order valence-electron chi connectivity index (χ2n) is 17.0. The summed E-state index contributed by atoms with van der Waals surface area (Å²) in [6.07, 6.45) is 65.8. The number of hydrogen-bond acceptors (Lipinski definition) is 6. The molecule has 0 spiro atoms. The second kappa shape index (κ2) is 51.2. The molecule has 0 saturated carbocycles. The van der Waals surface area contributed by atoms with Crippen molar-refractivity contribution in [2.24, 2.45) is 0 Å². The lowest BCUT2D eigenvalue weighted by atomic mass is 10.1. The first-order chi connectivity index (χ1) is 31.0. The van der Waals surface area contributed by atoms with Gasteiger partial charge < -0.3 is 14.2 Å². The molecule has 0 saturated heterocycles. The molecule has 0 N–H and O–H groups in total. The number of esters is 3. The molecule has 0 bridgehead atoms. The SMILES string of the molecule is CC/C=C\C/C=C\C/C=C\C/C=C\C/C=C\CCCCCCCCCCCC(=O)OCC(COC(=O)CCCCCCC/C=C\CCC)OC(=O)CCCCCCC/C=C\CCC. The summed E-state index contributed by atoms with van der Waals surface area (Å²) >= 11 is 0. The average molecular weight is 877 g/mol. The van der Waals surface area contributed by atoms with E-state index in [0.29, 0.717) is 19.3 Å². The van der Waals surface area contributed by atoms with Gasteiger partial charge in [0.05, 0.1) is 0 Å². The topological polar surface area (TPSA) is 78.9 Å². The van der Waals surface area contributed by atoms with Gasteiger partial charge in [-0.3, -0.25) is 14.4 Å². The summed E-state index contributed by atoms with van der Waals surface area (Å²) in [6, 6.07) is 0. The fourth-order valence-corrected chi connectivity index (χ4v) is 6.94. The first-order valence-corrected chi connectivity index (χ1v) is 26.1. The lowest BCUT2D eigenvalue weighted by molar-refractivity contribution is -0.167. The normalized spacial score (nSPS) is 12.7. The zero-order chi connectivity index (χ0) is 45.8. The third kappa shape index (κ3) is 49.5. The molecule has 6 nitrogen and oxygen atoms in total. The van der Waals surface area contributed by atoms with Gasteiger partial charge in [-0.2, -0.15) is 0 Å². The fourth-order valence-electron chi connectivity index (χ4n) is 6.94. The molecule has 0 aromatic rings. The van der Waals surface area contributed by atoms with E-state index in [1.54, 1.807) is 0 Å². The highest BCUT2D eigenvalue weighted by atomic mass is 16.6. The Balaban J connectivity index is 4.22. The third-order valence-electron chi connectivity index (χ3n) is 10.8. The molecule has 0 rings (SSSR count). The molecule has 360 valence electrons. The van der Waals surface area contributed by atoms with Crippen molar-refractivity contribution in [3.8, 4) is 0 Å².